The van der Waals surface area contributed by atoms with Crippen LogP contribution >= 0.6 is 0 Å². The van der Waals surface area contributed by atoms with Gasteiger partial charge in [-0.2, -0.15) is 15.5 Å². The third kappa shape index (κ3) is 3.31. The van der Waals surface area contributed by atoms with Crippen LogP contribution in [-0.4, -0.2) is 5.66 Å². The third-order valence-corrected chi connectivity index (χ3v) is 1.58. The molecule has 1 aliphatic rings. The molecule has 0 aromatic carbocycles. The molecule has 1 rings (SSSR count). The fraction of sp³-hybridized carbons (Fsp3) is 0.222. The molecular formula is C9H11N5. The maximum absolute atomic E-state index is 8.18. The first-order valence-electron chi connectivity index (χ1n) is 4.06. The van der Waals surface area contributed by atoms with Gasteiger partial charge in [-0.25, -0.2) is 0 Å². The fourth-order valence-electron chi connectivity index (χ4n) is 1.01. The summed E-state index contributed by atoms with van der Waals surface area (Å²) in [4.78, 5) is 0. The Bertz CT molecular complexity index is 354. The molecule has 0 radical (unpaired) electrons. The first kappa shape index (κ1) is 10.3. The van der Waals surface area contributed by atoms with E-state index in [9.17, 15) is 0 Å². The molecule has 0 aromatic rings. The molecule has 0 spiro atoms. The Kier molecular flexibility index (Phi) is 3.29. The maximum atomic E-state index is 8.18. The van der Waals surface area contributed by atoms with Crippen molar-refractivity contribution in [3.63, 3.8) is 0 Å². The Morgan fingerprint density at radius 1 is 1.57 bits per heavy atom. The predicted molar refractivity (Wildman–Crippen MR) is 52.6 cm³/mol. The van der Waals surface area contributed by atoms with E-state index in [0.717, 1.165) is 0 Å². The van der Waals surface area contributed by atoms with E-state index in [2.05, 4.69) is 10.2 Å². The van der Waals surface area contributed by atoms with Crippen molar-refractivity contribution in [2.75, 3.05) is 0 Å². The molecule has 0 aromatic heterocycles. The van der Waals surface area contributed by atoms with Gasteiger partial charge in [-0.15, -0.1) is 0 Å². The average Bonchev–Trinajstić information content (AvgIpc) is 2.11. The molecule has 5 nitrogen and oxygen atoms in total. The highest BCUT2D eigenvalue weighted by Gasteiger charge is 2.19. The number of nitrogens with zero attached hydrogens (tertiary/aromatic N) is 3. The van der Waals surface area contributed by atoms with E-state index < -0.39 is 5.66 Å². The van der Waals surface area contributed by atoms with Crippen molar-refractivity contribution in [2.24, 2.45) is 21.7 Å². The summed E-state index contributed by atoms with van der Waals surface area (Å²) in [6, 6.07) is 1.80. The van der Waals surface area contributed by atoms with Crippen molar-refractivity contribution < 1.29 is 0 Å². The summed E-state index contributed by atoms with van der Waals surface area (Å²) in [6.45, 7) is 0. The summed E-state index contributed by atoms with van der Waals surface area (Å²) in [7, 11) is 0. The van der Waals surface area contributed by atoms with Gasteiger partial charge in [-0.05, 0) is 6.08 Å². The third-order valence-electron chi connectivity index (χ3n) is 1.58. The molecular weight excluding hydrogens is 178 g/mol. The molecule has 4 N–H and O–H groups in total. The largest absolute Gasteiger partial charge is 0.310 e. The van der Waals surface area contributed by atoms with Crippen LogP contribution < -0.4 is 11.5 Å². The van der Waals surface area contributed by atoms with Crippen LogP contribution in [0.1, 0.15) is 6.42 Å². The van der Waals surface area contributed by atoms with Crippen molar-refractivity contribution in [2.45, 2.75) is 12.1 Å². The zero-order chi connectivity index (χ0) is 10.4. The first-order chi connectivity index (χ1) is 6.64. The number of hydrogen-bond acceptors (Lipinski definition) is 5. The second-order valence-electron chi connectivity index (χ2n) is 2.97. The SMILES string of the molecule is N#CC=CN=NC1=CC=CC(N)(N)C1. The van der Waals surface area contributed by atoms with Crippen molar-refractivity contribution in [1.82, 2.24) is 0 Å². The lowest BCUT2D eigenvalue weighted by Crippen LogP contribution is -2.48. The van der Waals surface area contributed by atoms with E-state index in [1.54, 1.807) is 24.3 Å². The number of hydrogen-bond donors (Lipinski definition) is 2. The molecule has 72 valence electrons. The molecule has 0 fully saturated rings. The second kappa shape index (κ2) is 4.46. The second-order valence-corrected chi connectivity index (χ2v) is 2.97. The molecule has 0 saturated heterocycles. The van der Waals surface area contributed by atoms with E-state index >= 15 is 0 Å². The summed E-state index contributed by atoms with van der Waals surface area (Å²) >= 11 is 0. The van der Waals surface area contributed by atoms with Crippen LogP contribution in [0.25, 0.3) is 0 Å². The van der Waals surface area contributed by atoms with Gasteiger partial charge in [0.2, 0.25) is 0 Å². The minimum absolute atomic E-state index is 0.438. The zero-order valence-corrected chi connectivity index (χ0v) is 7.59. The van der Waals surface area contributed by atoms with E-state index in [0.29, 0.717) is 12.1 Å². The highest BCUT2D eigenvalue weighted by atomic mass is 15.1. The number of nitriles is 1. The molecule has 0 amide bonds. The average molecular weight is 189 g/mol. The van der Waals surface area contributed by atoms with E-state index in [4.69, 9.17) is 16.7 Å². The van der Waals surface area contributed by atoms with Crippen molar-refractivity contribution in [3.8, 4) is 6.07 Å². The monoisotopic (exact) mass is 189 g/mol. The lowest BCUT2D eigenvalue weighted by Gasteiger charge is -2.22. The van der Waals surface area contributed by atoms with Gasteiger partial charge >= 0.3 is 0 Å². The molecule has 5 heteroatoms. The number of rotatable bonds is 2. The highest BCUT2D eigenvalue weighted by molar-refractivity contribution is 5.24. The van der Waals surface area contributed by atoms with Gasteiger partial charge in [0.05, 0.1) is 23.6 Å². The van der Waals surface area contributed by atoms with E-state index in [1.807, 2.05) is 0 Å². The topological polar surface area (TPSA) is 101 Å². The fourth-order valence-corrected chi connectivity index (χ4v) is 1.01. The molecule has 14 heavy (non-hydrogen) atoms. The minimum Gasteiger partial charge on any atom is -0.310 e. The number of allylic oxidation sites excluding steroid dienone is 3. The number of azo groups is 1. The number of nitrogens with two attached hydrogens (primary N) is 2. The van der Waals surface area contributed by atoms with Crippen LogP contribution in [0.15, 0.2) is 46.4 Å². The predicted octanol–water partition coefficient (Wildman–Crippen LogP) is 0.933. The Morgan fingerprint density at radius 3 is 3.00 bits per heavy atom. The van der Waals surface area contributed by atoms with Gasteiger partial charge in [-0.1, -0.05) is 12.2 Å². The van der Waals surface area contributed by atoms with Gasteiger partial charge in [0.25, 0.3) is 0 Å². The summed E-state index contributed by atoms with van der Waals surface area (Å²) in [5, 5.41) is 15.7. The smallest absolute Gasteiger partial charge is 0.0928 e. The minimum atomic E-state index is -0.845. The van der Waals surface area contributed by atoms with Crippen LogP contribution in [0.5, 0.6) is 0 Å². The van der Waals surface area contributed by atoms with Gasteiger partial charge < -0.3 is 11.5 Å². The summed E-state index contributed by atoms with van der Waals surface area (Å²) < 4.78 is 0. The van der Waals surface area contributed by atoms with Crippen molar-refractivity contribution in [1.29, 1.82) is 5.26 Å². The normalized spacial score (nSPS) is 19.9. The van der Waals surface area contributed by atoms with E-state index in [1.165, 1.54) is 12.3 Å². The Hall–Kier alpha value is -1.77. The molecule has 0 heterocycles. The van der Waals surface area contributed by atoms with Gasteiger partial charge in [0.15, 0.2) is 0 Å². The Morgan fingerprint density at radius 2 is 2.36 bits per heavy atom. The Balaban J connectivity index is 2.60. The van der Waals surface area contributed by atoms with Crippen LogP contribution in [0.2, 0.25) is 0 Å². The lowest BCUT2D eigenvalue weighted by molar-refractivity contribution is 0.536. The molecule has 0 atom stereocenters. The summed E-state index contributed by atoms with van der Waals surface area (Å²) in [5.74, 6) is 0. The van der Waals surface area contributed by atoms with Gasteiger partial charge in [0.1, 0.15) is 0 Å². The first-order valence-corrected chi connectivity index (χ1v) is 4.06. The Labute approximate surface area is 82.1 Å². The van der Waals surface area contributed by atoms with Crippen molar-refractivity contribution >= 4 is 0 Å². The van der Waals surface area contributed by atoms with Crippen LogP contribution in [0, 0.1) is 11.3 Å². The van der Waals surface area contributed by atoms with Crippen LogP contribution in [0.4, 0.5) is 0 Å². The maximum Gasteiger partial charge on any atom is 0.0928 e. The van der Waals surface area contributed by atoms with Crippen molar-refractivity contribution in [3.05, 3.63) is 36.2 Å². The molecule has 0 unspecified atom stereocenters. The molecule has 1 aliphatic carbocycles. The zero-order valence-electron chi connectivity index (χ0n) is 7.59. The standard InChI is InChI=1S/C9H11N5/c10-5-2-6-13-14-8-3-1-4-9(11,12)7-8/h1-4,6H,7,11-12H2. The quantitative estimate of drug-likeness (QED) is 0.384. The summed E-state index contributed by atoms with van der Waals surface area (Å²) in [6.07, 6.45) is 8.22. The van der Waals surface area contributed by atoms with Crippen LogP contribution in [0.3, 0.4) is 0 Å². The molecule has 0 bridgehead atoms. The molecule has 0 aliphatic heterocycles. The highest BCUT2D eigenvalue weighted by Crippen LogP contribution is 2.17. The van der Waals surface area contributed by atoms with Crippen LogP contribution in [-0.2, 0) is 0 Å². The van der Waals surface area contributed by atoms with E-state index in [-0.39, 0.29) is 0 Å². The lowest BCUT2D eigenvalue weighted by atomic mass is 10.0. The van der Waals surface area contributed by atoms with Gasteiger partial charge in [0, 0.05) is 12.5 Å². The van der Waals surface area contributed by atoms with Gasteiger partial charge in [-0.3, -0.25) is 0 Å². The molecule has 0 saturated carbocycles. The summed E-state index contributed by atoms with van der Waals surface area (Å²) in [5.41, 5.74) is 11.2.